The second-order valence-electron chi connectivity index (χ2n) is 5.62. The number of fused-ring (bicyclic) bond motifs is 1. The van der Waals surface area contributed by atoms with Crippen LogP contribution in [-0.4, -0.2) is 16.1 Å². The van der Waals surface area contributed by atoms with Crippen LogP contribution in [0.25, 0.3) is 0 Å². The highest BCUT2D eigenvalue weighted by atomic mass is 19.1. The fraction of sp³-hybridized carbons (Fsp3) is 0.294. The summed E-state index contributed by atoms with van der Waals surface area (Å²) in [4.78, 5) is 15.7. The van der Waals surface area contributed by atoms with Crippen molar-refractivity contribution in [3.63, 3.8) is 0 Å². The average Bonchev–Trinajstić information content (AvgIpc) is 2.60. The zero-order valence-corrected chi connectivity index (χ0v) is 12.6. The Kier molecular flexibility index (Phi) is 4.64. The molecule has 3 N–H and O–H groups in total. The van der Waals surface area contributed by atoms with Gasteiger partial charge in [0.15, 0.2) is 0 Å². The molecule has 0 bridgehead atoms. The summed E-state index contributed by atoms with van der Waals surface area (Å²) in [5.74, 6) is -1.20. The van der Waals surface area contributed by atoms with Crippen LogP contribution in [0, 0.1) is 5.82 Å². The molecule has 0 saturated heterocycles. The van der Waals surface area contributed by atoms with Crippen molar-refractivity contribution in [1.29, 1.82) is 0 Å². The minimum atomic E-state index is -0.728. The van der Waals surface area contributed by atoms with Crippen LogP contribution in [0.1, 0.15) is 46.1 Å². The summed E-state index contributed by atoms with van der Waals surface area (Å²) in [6.45, 7) is 0.355. The van der Waals surface area contributed by atoms with Crippen LogP contribution < -0.4 is 10.8 Å². The Morgan fingerprint density at radius 2 is 2.26 bits per heavy atom. The number of carbonyl (C=O) groups excluding carboxylic acids is 1. The molecule has 6 heteroatoms. The summed E-state index contributed by atoms with van der Waals surface area (Å²) in [7, 11) is 0. The van der Waals surface area contributed by atoms with E-state index in [4.69, 9.17) is 5.21 Å². The van der Waals surface area contributed by atoms with Crippen LogP contribution >= 0.6 is 0 Å². The van der Waals surface area contributed by atoms with Gasteiger partial charge in [-0.1, -0.05) is 12.1 Å². The van der Waals surface area contributed by atoms with Gasteiger partial charge < -0.3 is 5.32 Å². The van der Waals surface area contributed by atoms with Gasteiger partial charge >= 0.3 is 0 Å². The van der Waals surface area contributed by atoms with E-state index in [1.54, 1.807) is 12.3 Å². The fourth-order valence-corrected chi connectivity index (χ4v) is 2.94. The number of hydrogen-bond acceptors (Lipinski definition) is 4. The molecular weight excluding hydrogens is 297 g/mol. The van der Waals surface area contributed by atoms with Crippen molar-refractivity contribution in [2.24, 2.45) is 0 Å². The largest absolute Gasteiger partial charge is 0.304 e. The molecule has 1 aliphatic carbocycles. The van der Waals surface area contributed by atoms with Gasteiger partial charge in [-0.3, -0.25) is 15.0 Å². The first-order valence-corrected chi connectivity index (χ1v) is 7.59. The van der Waals surface area contributed by atoms with Gasteiger partial charge in [-0.15, -0.1) is 0 Å². The summed E-state index contributed by atoms with van der Waals surface area (Å²) < 4.78 is 14.1. The molecular formula is C17H18FN3O2. The third-order valence-electron chi connectivity index (χ3n) is 4.15. The number of rotatable bonds is 4. The lowest BCUT2D eigenvalue weighted by molar-refractivity contribution is 0.0706. The molecule has 1 amide bonds. The maximum atomic E-state index is 14.1. The summed E-state index contributed by atoms with van der Waals surface area (Å²) in [6.07, 6.45) is 4.85. The number of aromatic nitrogens is 1. The minimum absolute atomic E-state index is 0.0819. The molecule has 5 nitrogen and oxygen atoms in total. The van der Waals surface area contributed by atoms with E-state index in [1.807, 2.05) is 6.07 Å². The van der Waals surface area contributed by atoms with E-state index in [9.17, 15) is 9.18 Å². The summed E-state index contributed by atoms with van der Waals surface area (Å²) in [5.41, 5.74) is 4.33. The fourth-order valence-electron chi connectivity index (χ4n) is 2.94. The highest BCUT2D eigenvalue weighted by molar-refractivity contribution is 5.93. The Bertz CT molecular complexity index is 721. The predicted octanol–water partition coefficient (Wildman–Crippen LogP) is 2.51. The highest BCUT2D eigenvalue weighted by Gasteiger charge is 2.21. The zero-order chi connectivity index (χ0) is 16.2. The Morgan fingerprint density at radius 3 is 3.04 bits per heavy atom. The first kappa shape index (κ1) is 15.6. The van der Waals surface area contributed by atoms with Crippen LogP contribution in [-0.2, 0) is 13.0 Å². The molecule has 120 valence electrons. The van der Waals surface area contributed by atoms with Crippen LogP contribution in [0.15, 0.2) is 36.5 Å². The normalized spacial score (nSPS) is 16.7. The first-order chi connectivity index (χ1) is 11.2. The molecule has 1 atom stereocenters. The Morgan fingerprint density at radius 1 is 1.39 bits per heavy atom. The highest BCUT2D eigenvalue weighted by Crippen LogP contribution is 2.28. The molecule has 0 spiro atoms. The number of benzene rings is 1. The molecule has 0 fully saturated rings. The second kappa shape index (κ2) is 6.85. The van der Waals surface area contributed by atoms with Gasteiger partial charge in [-0.05, 0) is 43.0 Å². The quantitative estimate of drug-likeness (QED) is 0.599. The van der Waals surface area contributed by atoms with Crippen molar-refractivity contribution in [3.8, 4) is 0 Å². The van der Waals surface area contributed by atoms with Crippen molar-refractivity contribution in [2.75, 3.05) is 0 Å². The Balaban J connectivity index is 1.71. The molecule has 1 aromatic heterocycles. The molecule has 1 unspecified atom stereocenters. The number of nitrogens with one attached hydrogen (secondary N) is 2. The summed E-state index contributed by atoms with van der Waals surface area (Å²) in [6, 6.07) is 8.29. The van der Waals surface area contributed by atoms with Gasteiger partial charge in [0.2, 0.25) is 0 Å². The van der Waals surface area contributed by atoms with Gasteiger partial charge in [0, 0.05) is 23.9 Å². The van der Waals surface area contributed by atoms with Gasteiger partial charge in [0.25, 0.3) is 5.91 Å². The SMILES string of the molecule is O=C(NO)c1ccc(CNC2CCCc3cccnc32)c(F)c1. The van der Waals surface area contributed by atoms with Crippen molar-refractivity contribution in [2.45, 2.75) is 31.8 Å². The number of amides is 1. The van der Waals surface area contributed by atoms with E-state index < -0.39 is 11.7 Å². The van der Waals surface area contributed by atoms with Crippen molar-refractivity contribution < 1.29 is 14.4 Å². The standard InChI is InChI=1S/C17H18FN3O2/c18-14-9-12(17(22)21-23)6-7-13(14)10-20-15-5-1-3-11-4-2-8-19-16(11)15/h2,4,6-9,15,20,23H,1,3,5,10H2,(H,21,22). The van der Waals surface area contributed by atoms with E-state index in [2.05, 4.69) is 16.4 Å². The number of aryl methyl sites for hydroxylation is 1. The molecule has 1 heterocycles. The number of hydrogen-bond donors (Lipinski definition) is 3. The van der Waals surface area contributed by atoms with E-state index >= 15 is 0 Å². The maximum Gasteiger partial charge on any atom is 0.274 e. The monoisotopic (exact) mass is 315 g/mol. The van der Waals surface area contributed by atoms with Crippen LogP contribution in [0.3, 0.4) is 0 Å². The topological polar surface area (TPSA) is 74.2 Å². The van der Waals surface area contributed by atoms with Gasteiger partial charge in [0.1, 0.15) is 5.82 Å². The lowest BCUT2D eigenvalue weighted by Crippen LogP contribution is -2.26. The molecule has 1 aliphatic rings. The van der Waals surface area contributed by atoms with E-state index in [1.165, 1.54) is 17.1 Å². The van der Waals surface area contributed by atoms with Crippen LogP contribution in [0.5, 0.6) is 0 Å². The van der Waals surface area contributed by atoms with Crippen LogP contribution in [0.2, 0.25) is 0 Å². The molecule has 23 heavy (non-hydrogen) atoms. The Labute approximate surface area is 133 Å². The number of pyridine rings is 1. The van der Waals surface area contributed by atoms with E-state index in [0.29, 0.717) is 12.1 Å². The second-order valence-corrected chi connectivity index (χ2v) is 5.62. The zero-order valence-electron chi connectivity index (χ0n) is 12.6. The average molecular weight is 315 g/mol. The molecule has 0 saturated carbocycles. The number of nitrogens with zero attached hydrogens (tertiary/aromatic N) is 1. The summed E-state index contributed by atoms with van der Waals surface area (Å²) >= 11 is 0. The Hall–Kier alpha value is -2.31. The van der Waals surface area contributed by atoms with Crippen molar-refractivity contribution in [3.05, 3.63) is 64.7 Å². The molecule has 2 aromatic rings. The minimum Gasteiger partial charge on any atom is -0.304 e. The molecule has 1 aromatic carbocycles. The lowest BCUT2D eigenvalue weighted by Gasteiger charge is -2.25. The van der Waals surface area contributed by atoms with Crippen molar-refractivity contribution >= 4 is 5.91 Å². The van der Waals surface area contributed by atoms with Crippen molar-refractivity contribution in [1.82, 2.24) is 15.8 Å². The van der Waals surface area contributed by atoms with Gasteiger partial charge in [-0.2, -0.15) is 0 Å². The molecule has 0 aliphatic heterocycles. The third-order valence-corrected chi connectivity index (χ3v) is 4.15. The molecule has 3 rings (SSSR count). The van der Waals surface area contributed by atoms with Gasteiger partial charge in [0.05, 0.1) is 11.7 Å². The predicted molar refractivity (Wildman–Crippen MR) is 82.4 cm³/mol. The van der Waals surface area contributed by atoms with E-state index in [-0.39, 0.29) is 11.6 Å². The van der Waals surface area contributed by atoms with Crippen LogP contribution in [0.4, 0.5) is 4.39 Å². The smallest absolute Gasteiger partial charge is 0.274 e. The van der Waals surface area contributed by atoms with Gasteiger partial charge in [-0.25, -0.2) is 9.87 Å². The first-order valence-electron chi connectivity index (χ1n) is 7.59. The maximum absolute atomic E-state index is 14.1. The number of hydroxylamine groups is 1. The number of carbonyl (C=O) groups is 1. The van der Waals surface area contributed by atoms with E-state index in [0.717, 1.165) is 31.0 Å². The summed E-state index contributed by atoms with van der Waals surface area (Å²) in [5, 5.41) is 11.9. The molecule has 0 radical (unpaired) electrons. The third kappa shape index (κ3) is 3.38. The lowest BCUT2D eigenvalue weighted by atomic mass is 9.92. The number of halogens is 1.